The maximum absolute atomic E-state index is 5.14. The molecule has 1 heterocycles. The summed E-state index contributed by atoms with van der Waals surface area (Å²) >= 11 is 0. The lowest BCUT2D eigenvalue weighted by Crippen LogP contribution is -2.47. The van der Waals surface area contributed by atoms with Gasteiger partial charge in [-0.15, -0.1) is 25.6 Å². The van der Waals surface area contributed by atoms with E-state index in [0.717, 1.165) is 17.2 Å². The quantitative estimate of drug-likeness (QED) is 0.299. The monoisotopic (exact) mass is 350 g/mol. The Labute approximate surface area is 152 Å². The Balaban J connectivity index is 2.13. The molecule has 0 saturated heterocycles. The number of hydrazone groups is 2. The van der Waals surface area contributed by atoms with Crippen molar-refractivity contribution in [3.63, 3.8) is 0 Å². The molecule has 2 N–H and O–H groups in total. The molecule has 8 heteroatoms. The second kappa shape index (κ2) is 7.22. The van der Waals surface area contributed by atoms with Crippen LogP contribution in [0.5, 0.6) is 0 Å². The van der Waals surface area contributed by atoms with Crippen molar-refractivity contribution in [1.82, 2.24) is 5.12 Å². The van der Waals surface area contributed by atoms with Gasteiger partial charge in [-0.1, -0.05) is 57.2 Å². The molecule has 0 bridgehead atoms. The van der Waals surface area contributed by atoms with Crippen LogP contribution in [0.2, 0.25) is 0 Å². The van der Waals surface area contributed by atoms with E-state index in [1.807, 2.05) is 65.8 Å². The summed E-state index contributed by atoms with van der Waals surface area (Å²) in [6, 6.07) is 19.7. The molecule has 26 heavy (non-hydrogen) atoms. The number of rotatable bonds is 4. The molecule has 1 aliphatic heterocycles. The smallest absolute Gasteiger partial charge is 0.180 e. The van der Waals surface area contributed by atoms with Crippen LogP contribution >= 0.6 is 0 Å². The van der Waals surface area contributed by atoms with E-state index in [1.165, 1.54) is 6.34 Å². The van der Waals surface area contributed by atoms with Gasteiger partial charge < -0.3 is 5.84 Å². The number of hydrogen-bond donors (Lipinski definition) is 1. The van der Waals surface area contributed by atoms with Crippen LogP contribution < -0.4 is 16.1 Å². The fourth-order valence-electron chi connectivity index (χ4n) is 2.48. The van der Waals surface area contributed by atoms with E-state index in [9.17, 15) is 0 Å². The normalized spacial score (nSPS) is 15.3. The highest BCUT2D eigenvalue weighted by atomic mass is 16.1. The number of hydrazine groups is 2. The van der Waals surface area contributed by atoms with E-state index in [1.54, 1.807) is 10.2 Å². The lowest BCUT2D eigenvalue weighted by atomic mass is 9.95. The molecule has 0 fully saturated rings. The molecule has 0 aromatic heterocycles. The SMILES string of the molecule is CC(C)(C)C1=NN(c2ccccc2)N(c2ccccc2)N1N=NC=NN. The van der Waals surface area contributed by atoms with Crippen LogP contribution in [0.15, 0.2) is 81.2 Å². The van der Waals surface area contributed by atoms with E-state index in [2.05, 4.69) is 36.2 Å². The van der Waals surface area contributed by atoms with Gasteiger partial charge in [-0.05, 0) is 29.5 Å². The van der Waals surface area contributed by atoms with Crippen molar-refractivity contribution in [2.75, 3.05) is 10.2 Å². The van der Waals surface area contributed by atoms with Crippen LogP contribution in [-0.2, 0) is 0 Å². The van der Waals surface area contributed by atoms with Gasteiger partial charge in [-0.3, -0.25) is 0 Å². The zero-order chi connectivity index (χ0) is 18.6. The van der Waals surface area contributed by atoms with E-state index < -0.39 is 0 Å². The number of benzene rings is 2. The Hall–Kier alpha value is -3.42. The van der Waals surface area contributed by atoms with Gasteiger partial charge in [0.05, 0.1) is 11.4 Å². The first-order valence-corrected chi connectivity index (χ1v) is 8.24. The Morgan fingerprint density at radius 1 is 0.923 bits per heavy atom. The Morgan fingerprint density at radius 2 is 1.50 bits per heavy atom. The van der Waals surface area contributed by atoms with Crippen molar-refractivity contribution in [2.45, 2.75) is 20.8 Å². The number of para-hydroxylation sites is 2. The van der Waals surface area contributed by atoms with E-state index in [0.29, 0.717) is 0 Å². The Kier molecular flexibility index (Phi) is 4.83. The summed E-state index contributed by atoms with van der Waals surface area (Å²) in [5.41, 5.74) is 1.53. The summed E-state index contributed by atoms with van der Waals surface area (Å²) < 4.78 is 0. The predicted octanol–water partition coefficient (Wildman–Crippen LogP) is 3.77. The first-order valence-electron chi connectivity index (χ1n) is 8.24. The number of nitrogens with two attached hydrogens (primary N) is 1. The zero-order valence-corrected chi connectivity index (χ0v) is 15.1. The molecule has 0 saturated carbocycles. The number of amidine groups is 1. The molecule has 2 aromatic carbocycles. The van der Waals surface area contributed by atoms with E-state index >= 15 is 0 Å². The van der Waals surface area contributed by atoms with Gasteiger partial charge in [0.25, 0.3) is 0 Å². The van der Waals surface area contributed by atoms with Crippen LogP contribution in [0.3, 0.4) is 0 Å². The molecular weight excluding hydrogens is 328 g/mol. The van der Waals surface area contributed by atoms with Gasteiger partial charge in [-0.25, -0.2) is 0 Å². The fourth-order valence-corrected chi connectivity index (χ4v) is 2.48. The maximum atomic E-state index is 5.14. The molecule has 8 nitrogen and oxygen atoms in total. The fraction of sp³-hybridized carbons (Fsp3) is 0.222. The maximum Gasteiger partial charge on any atom is 0.180 e. The third-order valence-corrected chi connectivity index (χ3v) is 3.64. The van der Waals surface area contributed by atoms with Crippen LogP contribution in [0.4, 0.5) is 11.4 Å². The molecule has 3 rings (SSSR count). The first kappa shape index (κ1) is 17.4. The Morgan fingerprint density at radius 3 is 2.04 bits per heavy atom. The summed E-state index contributed by atoms with van der Waals surface area (Å²) in [6.45, 7) is 6.22. The van der Waals surface area contributed by atoms with E-state index in [4.69, 9.17) is 10.9 Å². The molecule has 0 amide bonds. The first-order chi connectivity index (χ1) is 12.5. The molecule has 2 aromatic rings. The van der Waals surface area contributed by atoms with Crippen LogP contribution in [0.25, 0.3) is 0 Å². The molecule has 0 spiro atoms. The molecular formula is C18H22N8. The lowest BCUT2D eigenvalue weighted by molar-refractivity contribution is 0.365. The standard InChI is InChI=1S/C18H22N8/c1-18(2,3)17-22-24(15-10-6-4-7-11-15)26(16-12-8-5-9-13-16)25(17)23-21-14-20-19/h4-14H,19H2,1-3H3. The predicted molar refractivity (Wildman–Crippen MR) is 104 cm³/mol. The lowest BCUT2D eigenvalue weighted by Gasteiger charge is -2.33. The second-order valence-corrected chi connectivity index (χ2v) is 6.68. The van der Waals surface area contributed by atoms with Gasteiger partial charge in [0.1, 0.15) is 0 Å². The van der Waals surface area contributed by atoms with Crippen LogP contribution in [0, 0.1) is 5.41 Å². The third-order valence-electron chi connectivity index (χ3n) is 3.64. The number of hydrogen-bond acceptors (Lipinski definition) is 6. The topological polar surface area (TPSA) is 85.2 Å². The van der Waals surface area contributed by atoms with Gasteiger partial charge in [0, 0.05) is 5.41 Å². The highest BCUT2D eigenvalue weighted by Crippen LogP contribution is 2.34. The van der Waals surface area contributed by atoms with Crippen LogP contribution in [0.1, 0.15) is 20.8 Å². The molecule has 0 radical (unpaired) electrons. The van der Waals surface area contributed by atoms with Crippen molar-refractivity contribution < 1.29 is 0 Å². The largest absolute Gasteiger partial charge is 0.322 e. The highest BCUT2D eigenvalue weighted by molar-refractivity contribution is 5.92. The third kappa shape index (κ3) is 3.49. The summed E-state index contributed by atoms with van der Waals surface area (Å²) in [7, 11) is 0. The minimum atomic E-state index is -0.268. The zero-order valence-electron chi connectivity index (χ0n) is 15.1. The van der Waals surface area contributed by atoms with Gasteiger partial charge in [-0.2, -0.15) is 5.10 Å². The average molecular weight is 350 g/mol. The van der Waals surface area contributed by atoms with Gasteiger partial charge in [0.15, 0.2) is 12.2 Å². The highest BCUT2D eigenvalue weighted by Gasteiger charge is 2.40. The molecule has 0 aliphatic carbocycles. The second-order valence-electron chi connectivity index (χ2n) is 6.68. The summed E-state index contributed by atoms with van der Waals surface area (Å²) in [6.07, 6.45) is 1.19. The summed E-state index contributed by atoms with van der Waals surface area (Å²) in [4.78, 5) is 0. The molecule has 134 valence electrons. The van der Waals surface area contributed by atoms with Crippen molar-refractivity contribution in [3.8, 4) is 0 Å². The number of anilines is 2. The van der Waals surface area contributed by atoms with Crippen molar-refractivity contribution in [2.24, 2.45) is 31.8 Å². The summed E-state index contributed by atoms with van der Waals surface area (Å²) in [5.74, 6) is 5.88. The number of nitrogens with zero attached hydrogens (tertiary/aromatic N) is 7. The Bertz CT molecular complexity index is 808. The molecule has 0 unspecified atom stereocenters. The van der Waals surface area contributed by atoms with Crippen molar-refractivity contribution >= 4 is 23.5 Å². The minimum Gasteiger partial charge on any atom is -0.322 e. The van der Waals surface area contributed by atoms with Crippen LogP contribution in [-0.4, -0.2) is 17.3 Å². The molecule has 1 aliphatic rings. The summed E-state index contributed by atoms with van der Waals surface area (Å²) in [5, 5.41) is 21.7. The minimum absolute atomic E-state index is 0.268. The average Bonchev–Trinajstić information content (AvgIpc) is 3.03. The van der Waals surface area contributed by atoms with E-state index in [-0.39, 0.29) is 5.41 Å². The van der Waals surface area contributed by atoms with Crippen molar-refractivity contribution in [3.05, 3.63) is 60.7 Å². The van der Waals surface area contributed by atoms with Crippen molar-refractivity contribution in [1.29, 1.82) is 0 Å². The van der Waals surface area contributed by atoms with Gasteiger partial charge >= 0.3 is 0 Å². The van der Waals surface area contributed by atoms with Gasteiger partial charge in [0.2, 0.25) is 0 Å². The molecule has 0 atom stereocenters.